The van der Waals surface area contributed by atoms with Gasteiger partial charge >= 0.3 is 0 Å². The number of carbonyl (C=O) groups is 1. The Bertz CT molecular complexity index is 292. The zero-order chi connectivity index (χ0) is 14.0. The molecule has 1 amide bonds. The molecule has 3 N–H and O–H groups in total. The van der Waals surface area contributed by atoms with Gasteiger partial charge in [-0.15, -0.1) is 0 Å². The van der Waals surface area contributed by atoms with Crippen molar-refractivity contribution in [1.82, 2.24) is 5.32 Å². The van der Waals surface area contributed by atoms with E-state index in [1.165, 1.54) is 6.42 Å². The monoisotopic (exact) mass is 254 g/mol. The lowest BCUT2D eigenvalue weighted by molar-refractivity contribution is -0.121. The zero-order valence-electron chi connectivity index (χ0n) is 12.7. The van der Waals surface area contributed by atoms with Crippen LogP contribution in [-0.4, -0.2) is 18.0 Å². The van der Waals surface area contributed by atoms with E-state index >= 15 is 0 Å². The van der Waals surface area contributed by atoms with Crippen molar-refractivity contribution in [3.63, 3.8) is 0 Å². The van der Waals surface area contributed by atoms with Crippen LogP contribution in [0.2, 0.25) is 0 Å². The van der Waals surface area contributed by atoms with Crippen LogP contribution >= 0.6 is 0 Å². The summed E-state index contributed by atoms with van der Waals surface area (Å²) in [5.41, 5.74) is 5.90. The fourth-order valence-electron chi connectivity index (χ4n) is 4.35. The van der Waals surface area contributed by atoms with Crippen molar-refractivity contribution >= 4 is 5.91 Å². The van der Waals surface area contributed by atoms with Crippen LogP contribution < -0.4 is 11.1 Å². The van der Waals surface area contributed by atoms with E-state index in [1.54, 1.807) is 0 Å². The predicted octanol–water partition coefficient (Wildman–Crippen LogP) is 2.84. The molecule has 0 radical (unpaired) electrons. The van der Waals surface area contributed by atoms with Gasteiger partial charge in [-0.1, -0.05) is 34.6 Å². The molecule has 0 aromatic carbocycles. The number of nitrogens with two attached hydrogens (primary N) is 1. The van der Waals surface area contributed by atoms with Gasteiger partial charge in [0.05, 0.1) is 0 Å². The van der Waals surface area contributed by atoms with E-state index in [9.17, 15) is 4.79 Å². The first-order valence-corrected chi connectivity index (χ1v) is 7.13. The third kappa shape index (κ3) is 4.27. The van der Waals surface area contributed by atoms with Gasteiger partial charge in [0.15, 0.2) is 0 Å². The molecule has 0 bridgehead atoms. The summed E-state index contributed by atoms with van der Waals surface area (Å²) >= 11 is 0. The molecule has 0 atom stereocenters. The normalized spacial score (nSPS) is 24.7. The molecule has 0 aliphatic heterocycles. The van der Waals surface area contributed by atoms with Crippen molar-refractivity contribution < 1.29 is 4.79 Å². The number of nitrogens with one attached hydrogen (secondary N) is 1. The highest BCUT2D eigenvalue weighted by atomic mass is 16.1. The topological polar surface area (TPSA) is 55.1 Å². The quantitative estimate of drug-likeness (QED) is 0.792. The van der Waals surface area contributed by atoms with E-state index in [1.807, 2.05) is 0 Å². The summed E-state index contributed by atoms with van der Waals surface area (Å²) in [5, 5.41) is 3.63. The van der Waals surface area contributed by atoms with Crippen molar-refractivity contribution in [1.29, 1.82) is 0 Å². The van der Waals surface area contributed by atoms with Crippen LogP contribution in [0.15, 0.2) is 0 Å². The summed E-state index contributed by atoms with van der Waals surface area (Å²) in [7, 11) is 0. The second-order valence-electron chi connectivity index (χ2n) is 7.71. The molecule has 106 valence electrons. The molecule has 0 unspecified atom stereocenters. The lowest BCUT2D eigenvalue weighted by Gasteiger charge is -2.52. The van der Waals surface area contributed by atoms with Crippen LogP contribution in [0.1, 0.15) is 66.7 Å². The third-order valence-electron chi connectivity index (χ3n) is 3.85. The van der Waals surface area contributed by atoms with Crippen molar-refractivity contribution in [2.75, 3.05) is 6.54 Å². The number of rotatable bonds is 5. The van der Waals surface area contributed by atoms with Gasteiger partial charge in [0.1, 0.15) is 0 Å². The van der Waals surface area contributed by atoms with Crippen LogP contribution in [0, 0.1) is 10.8 Å². The molecule has 3 nitrogen and oxygen atoms in total. The minimum Gasteiger partial charge on any atom is -0.370 e. The maximum absolute atomic E-state index is 11.4. The molecule has 1 fully saturated rings. The minimum atomic E-state index is -0.188. The Morgan fingerprint density at radius 2 is 1.61 bits per heavy atom. The molecular formula is C15H30N2O. The standard InChI is InChI=1S/C15H30N2O/c1-6-7-17-15(8-12(16)18)10-13(2,3)9-14(4,5)11-15/h17H,6-11H2,1-5H3,(H2,16,18). The molecular weight excluding hydrogens is 224 g/mol. The van der Waals surface area contributed by atoms with Gasteiger partial charge in [-0.2, -0.15) is 0 Å². The van der Waals surface area contributed by atoms with Crippen LogP contribution in [-0.2, 0) is 4.79 Å². The maximum Gasteiger partial charge on any atom is 0.219 e. The molecule has 1 saturated carbocycles. The van der Waals surface area contributed by atoms with E-state index in [0.717, 1.165) is 25.8 Å². The van der Waals surface area contributed by atoms with Gasteiger partial charge in [0.2, 0.25) is 5.91 Å². The first-order valence-electron chi connectivity index (χ1n) is 7.13. The average molecular weight is 254 g/mol. The maximum atomic E-state index is 11.4. The van der Waals surface area contributed by atoms with Gasteiger partial charge in [-0.3, -0.25) is 4.79 Å². The summed E-state index contributed by atoms with van der Waals surface area (Å²) in [4.78, 5) is 11.4. The molecule has 1 aliphatic rings. The molecule has 1 rings (SSSR count). The summed E-state index contributed by atoms with van der Waals surface area (Å²) in [6.45, 7) is 12.3. The Hall–Kier alpha value is -0.570. The number of hydrogen-bond acceptors (Lipinski definition) is 2. The number of amides is 1. The van der Waals surface area contributed by atoms with Gasteiger partial charge < -0.3 is 11.1 Å². The first-order chi connectivity index (χ1) is 8.10. The fourth-order valence-corrected chi connectivity index (χ4v) is 4.35. The summed E-state index contributed by atoms with van der Waals surface area (Å²) in [6.07, 6.45) is 4.81. The lowest BCUT2D eigenvalue weighted by Crippen LogP contribution is -2.56. The smallest absolute Gasteiger partial charge is 0.219 e. The second kappa shape index (κ2) is 5.20. The average Bonchev–Trinajstić information content (AvgIpc) is 2.07. The van der Waals surface area contributed by atoms with Crippen LogP contribution in [0.25, 0.3) is 0 Å². The van der Waals surface area contributed by atoms with Crippen LogP contribution in [0.5, 0.6) is 0 Å². The van der Waals surface area contributed by atoms with Crippen molar-refractivity contribution in [3.8, 4) is 0 Å². The highest BCUT2D eigenvalue weighted by molar-refractivity contribution is 5.75. The Labute approximate surface area is 112 Å². The molecule has 1 aliphatic carbocycles. The number of carbonyl (C=O) groups excluding carboxylic acids is 1. The highest BCUT2D eigenvalue weighted by Crippen LogP contribution is 2.51. The number of hydrogen-bond donors (Lipinski definition) is 2. The van der Waals surface area contributed by atoms with Gasteiger partial charge in [0.25, 0.3) is 0 Å². The molecule has 0 heterocycles. The Kier molecular flexibility index (Phi) is 4.47. The molecule has 0 spiro atoms. The summed E-state index contributed by atoms with van der Waals surface area (Å²) < 4.78 is 0. The SMILES string of the molecule is CCCNC1(CC(N)=O)CC(C)(C)CC(C)(C)C1. The largest absolute Gasteiger partial charge is 0.370 e. The molecule has 18 heavy (non-hydrogen) atoms. The highest BCUT2D eigenvalue weighted by Gasteiger charge is 2.47. The predicted molar refractivity (Wildman–Crippen MR) is 76.2 cm³/mol. The zero-order valence-corrected chi connectivity index (χ0v) is 12.7. The van der Waals surface area contributed by atoms with Crippen molar-refractivity contribution in [3.05, 3.63) is 0 Å². The van der Waals surface area contributed by atoms with Crippen LogP contribution in [0.4, 0.5) is 0 Å². The Morgan fingerprint density at radius 3 is 2.00 bits per heavy atom. The van der Waals surface area contributed by atoms with Crippen molar-refractivity contribution in [2.45, 2.75) is 72.3 Å². The Balaban J connectivity index is 2.96. The van der Waals surface area contributed by atoms with E-state index in [0.29, 0.717) is 6.42 Å². The third-order valence-corrected chi connectivity index (χ3v) is 3.85. The molecule has 0 aromatic rings. The van der Waals surface area contributed by atoms with Crippen molar-refractivity contribution in [2.24, 2.45) is 16.6 Å². The van der Waals surface area contributed by atoms with Gasteiger partial charge in [-0.25, -0.2) is 0 Å². The molecule has 0 saturated heterocycles. The first kappa shape index (κ1) is 15.5. The minimum absolute atomic E-state index is 0.104. The van der Waals surface area contributed by atoms with E-state index in [4.69, 9.17) is 5.73 Å². The molecule has 3 heteroatoms. The number of primary amides is 1. The fraction of sp³-hybridized carbons (Fsp3) is 0.933. The van der Waals surface area contributed by atoms with E-state index in [-0.39, 0.29) is 22.3 Å². The van der Waals surface area contributed by atoms with Crippen LogP contribution in [0.3, 0.4) is 0 Å². The lowest BCUT2D eigenvalue weighted by atomic mass is 9.57. The second-order valence-corrected chi connectivity index (χ2v) is 7.71. The van der Waals surface area contributed by atoms with Gasteiger partial charge in [0, 0.05) is 12.0 Å². The summed E-state index contributed by atoms with van der Waals surface area (Å²) in [6, 6.07) is 0. The van der Waals surface area contributed by atoms with E-state index in [2.05, 4.69) is 39.9 Å². The Morgan fingerprint density at radius 1 is 1.11 bits per heavy atom. The summed E-state index contributed by atoms with van der Waals surface area (Å²) in [5.74, 6) is -0.188. The van der Waals surface area contributed by atoms with Gasteiger partial charge in [-0.05, 0) is 43.1 Å². The van der Waals surface area contributed by atoms with E-state index < -0.39 is 0 Å². The molecule has 0 aromatic heterocycles.